The molecule has 8 nitrogen and oxygen atoms in total. The van der Waals surface area contributed by atoms with Crippen LogP contribution in [0.3, 0.4) is 0 Å². The van der Waals surface area contributed by atoms with E-state index >= 15 is 0 Å². The molecule has 0 radical (unpaired) electrons. The Hall–Kier alpha value is -3.73. The van der Waals surface area contributed by atoms with Crippen LogP contribution in [-0.4, -0.2) is 48.2 Å². The minimum atomic E-state index is -4.50. The molecule has 1 aliphatic heterocycles. The molecule has 2 saturated carbocycles. The Morgan fingerprint density at radius 1 is 1.05 bits per heavy atom. The summed E-state index contributed by atoms with van der Waals surface area (Å²) in [5.74, 6) is 1.05. The first-order chi connectivity index (χ1) is 19.1. The number of fused-ring (bicyclic) bond motifs is 1. The zero-order valence-corrected chi connectivity index (χ0v) is 22.3. The van der Waals surface area contributed by atoms with Gasteiger partial charge in [-0.2, -0.15) is 18.3 Å². The molecule has 1 amide bonds. The van der Waals surface area contributed by atoms with Crippen LogP contribution in [0.2, 0.25) is 0 Å². The van der Waals surface area contributed by atoms with E-state index in [1.54, 1.807) is 48.5 Å². The van der Waals surface area contributed by atoms with Crippen molar-refractivity contribution in [3.8, 4) is 22.8 Å². The van der Waals surface area contributed by atoms with E-state index in [-0.39, 0.29) is 30.2 Å². The Morgan fingerprint density at radius 3 is 2.38 bits per heavy atom. The summed E-state index contributed by atoms with van der Waals surface area (Å²) in [5, 5.41) is 10.6. The molecule has 2 unspecified atom stereocenters. The normalized spacial score (nSPS) is 27.1. The Bertz CT molecular complexity index is 1410. The average molecular weight is 556 g/mol. The molecule has 3 aliphatic rings. The monoisotopic (exact) mass is 555 g/mol. The van der Waals surface area contributed by atoms with E-state index in [4.69, 9.17) is 15.2 Å². The van der Waals surface area contributed by atoms with Crippen LogP contribution in [0.25, 0.3) is 11.3 Å². The van der Waals surface area contributed by atoms with Gasteiger partial charge >= 0.3 is 6.18 Å². The molecule has 1 aromatic heterocycles. The number of hydrogen-bond donors (Lipinski definition) is 3. The van der Waals surface area contributed by atoms with E-state index in [0.29, 0.717) is 39.3 Å². The summed E-state index contributed by atoms with van der Waals surface area (Å²) in [6.45, 7) is 0. The molecule has 2 fully saturated rings. The number of nitrogens with zero attached hydrogens (tertiary/aromatic N) is 2. The van der Waals surface area contributed by atoms with Gasteiger partial charge in [0.15, 0.2) is 17.5 Å². The Balaban J connectivity index is 1.19. The molecule has 6 rings (SSSR count). The lowest BCUT2D eigenvalue weighted by Gasteiger charge is -2.57. The number of aromatic nitrogens is 2. The van der Waals surface area contributed by atoms with Gasteiger partial charge in [0.25, 0.3) is 5.91 Å². The highest BCUT2D eigenvalue weighted by molar-refractivity contribution is 5.95. The lowest BCUT2D eigenvalue weighted by Crippen LogP contribution is -2.59. The van der Waals surface area contributed by atoms with Gasteiger partial charge in [-0.25, -0.2) is 4.68 Å². The molecule has 11 heteroatoms. The molecule has 3 aromatic rings. The van der Waals surface area contributed by atoms with Crippen LogP contribution in [0.15, 0.2) is 48.5 Å². The maximum atomic E-state index is 14.2. The van der Waals surface area contributed by atoms with E-state index in [0.717, 1.165) is 30.4 Å². The third-order valence-electron chi connectivity index (χ3n) is 8.53. The summed E-state index contributed by atoms with van der Waals surface area (Å²) in [6, 6.07) is 11.5. The van der Waals surface area contributed by atoms with E-state index < -0.39 is 18.3 Å². The first-order valence-electron chi connectivity index (χ1n) is 13.4. The molecule has 2 atom stereocenters. The highest BCUT2D eigenvalue weighted by Crippen LogP contribution is 2.55. The van der Waals surface area contributed by atoms with Crippen LogP contribution in [0.5, 0.6) is 11.5 Å². The second-order valence-electron chi connectivity index (χ2n) is 11.3. The van der Waals surface area contributed by atoms with Gasteiger partial charge in [-0.3, -0.25) is 4.79 Å². The minimum Gasteiger partial charge on any atom is -0.493 e. The molecular weight excluding hydrogens is 523 g/mol. The number of nitrogens with two attached hydrogens (primary N) is 1. The van der Waals surface area contributed by atoms with Gasteiger partial charge in [-0.15, -0.1) is 0 Å². The standard InChI is InChI=1S/C29H32F3N5O3/c1-39-23-8-7-18(9-24(23)40-2)21-10-25(29(30,31)32)37-26(35-21)11-22(36-37)16-3-5-17(6-4-16)27(38)34-20-14-28(15-20)12-19(33)13-28/h3-9,11,19-21,25,35H,10,12-15,33H2,1-2H3,(H,34,38). The van der Waals surface area contributed by atoms with Crippen LogP contribution in [0.1, 0.15) is 60.1 Å². The molecule has 0 saturated heterocycles. The number of carbonyl (C=O) groups excluding carboxylic acids is 1. The topological polar surface area (TPSA) is 103 Å². The predicted octanol–water partition coefficient (Wildman–Crippen LogP) is 5.23. The quantitative estimate of drug-likeness (QED) is 0.385. The van der Waals surface area contributed by atoms with Gasteiger partial charge in [0.05, 0.1) is 26.0 Å². The number of ether oxygens (including phenoxy) is 2. The van der Waals surface area contributed by atoms with Gasteiger partial charge in [-0.1, -0.05) is 18.2 Å². The molecular formula is C29H32F3N5O3. The van der Waals surface area contributed by atoms with Gasteiger partial charge in [-0.05, 0) is 60.9 Å². The van der Waals surface area contributed by atoms with Crippen molar-refractivity contribution in [2.75, 3.05) is 19.5 Å². The number of nitrogens with one attached hydrogen (secondary N) is 2. The lowest BCUT2D eigenvalue weighted by atomic mass is 9.52. The maximum absolute atomic E-state index is 14.2. The number of benzene rings is 2. The van der Waals surface area contributed by atoms with Crippen molar-refractivity contribution in [3.05, 3.63) is 59.7 Å². The predicted molar refractivity (Wildman–Crippen MR) is 143 cm³/mol. The molecule has 40 heavy (non-hydrogen) atoms. The number of rotatable bonds is 6. The maximum Gasteiger partial charge on any atom is 0.410 e. The highest BCUT2D eigenvalue weighted by atomic mass is 19.4. The molecule has 212 valence electrons. The molecule has 2 heterocycles. The molecule has 1 spiro atoms. The second kappa shape index (κ2) is 9.72. The number of halogens is 3. The molecule has 0 bridgehead atoms. The van der Waals surface area contributed by atoms with Crippen molar-refractivity contribution >= 4 is 11.7 Å². The minimum absolute atomic E-state index is 0.156. The third-order valence-corrected chi connectivity index (χ3v) is 8.53. The van der Waals surface area contributed by atoms with E-state index in [2.05, 4.69) is 15.7 Å². The summed E-state index contributed by atoms with van der Waals surface area (Å²) < 4.78 is 54.1. The van der Waals surface area contributed by atoms with Crippen LogP contribution in [-0.2, 0) is 0 Å². The zero-order valence-electron chi connectivity index (χ0n) is 22.3. The van der Waals surface area contributed by atoms with Crippen LogP contribution >= 0.6 is 0 Å². The molecule has 4 N–H and O–H groups in total. The van der Waals surface area contributed by atoms with Gasteiger partial charge in [0, 0.05) is 35.7 Å². The van der Waals surface area contributed by atoms with Crippen molar-refractivity contribution in [1.29, 1.82) is 0 Å². The first-order valence-corrected chi connectivity index (χ1v) is 13.4. The van der Waals surface area contributed by atoms with Crippen molar-refractivity contribution < 1.29 is 27.4 Å². The highest BCUT2D eigenvalue weighted by Gasteiger charge is 2.52. The van der Waals surface area contributed by atoms with Gasteiger partial charge < -0.3 is 25.8 Å². The van der Waals surface area contributed by atoms with Crippen molar-refractivity contribution in [2.24, 2.45) is 11.1 Å². The van der Waals surface area contributed by atoms with Gasteiger partial charge in [0.2, 0.25) is 0 Å². The Morgan fingerprint density at radius 2 is 1.75 bits per heavy atom. The molecule has 2 aliphatic carbocycles. The summed E-state index contributed by atoms with van der Waals surface area (Å²) in [6.07, 6.45) is -0.753. The van der Waals surface area contributed by atoms with E-state index in [1.807, 2.05) is 0 Å². The smallest absolute Gasteiger partial charge is 0.410 e. The summed E-state index contributed by atoms with van der Waals surface area (Å²) in [7, 11) is 2.99. The number of carbonyl (C=O) groups is 1. The SMILES string of the molecule is COc1ccc(C2CC(C(F)(F)F)n3nc(-c4ccc(C(=O)NC5CC6(CC(N)C6)C5)cc4)cc3N2)cc1OC. The lowest BCUT2D eigenvalue weighted by molar-refractivity contribution is -0.173. The fraction of sp³-hybridized carbons (Fsp3) is 0.448. The molecule has 2 aromatic carbocycles. The number of alkyl halides is 3. The van der Waals surface area contributed by atoms with E-state index in [1.165, 1.54) is 14.2 Å². The summed E-state index contributed by atoms with van der Waals surface area (Å²) >= 11 is 0. The van der Waals surface area contributed by atoms with Crippen molar-refractivity contribution in [1.82, 2.24) is 15.1 Å². The largest absolute Gasteiger partial charge is 0.493 e. The van der Waals surface area contributed by atoms with E-state index in [9.17, 15) is 18.0 Å². The van der Waals surface area contributed by atoms with Gasteiger partial charge in [0.1, 0.15) is 5.82 Å². The average Bonchev–Trinajstić information content (AvgIpc) is 3.33. The van der Waals surface area contributed by atoms with Crippen LogP contribution in [0.4, 0.5) is 19.0 Å². The first kappa shape index (κ1) is 26.5. The fourth-order valence-corrected chi connectivity index (χ4v) is 6.54. The second-order valence-corrected chi connectivity index (χ2v) is 11.3. The van der Waals surface area contributed by atoms with Crippen molar-refractivity contribution in [3.63, 3.8) is 0 Å². The number of amides is 1. The number of anilines is 1. The Labute approximate surface area is 230 Å². The summed E-state index contributed by atoms with van der Waals surface area (Å²) in [4.78, 5) is 12.7. The van der Waals surface area contributed by atoms with Crippen LogP contribution in [0, 0.1) is 5.41 Å². The third kappa shape index (κ3) is 4.76. The number of hydrogen-bond acceptors (Lipinski definition) is 6. The van der Waals surface area contributed by atoms with Crippen molar-refractivity contribution in [2.45, 2.75) is 62.4 Å². The zero-order chi connectivity index (χ0) is 28.2. The Kier molecular flexibility index (Phi) is 6.44. The fourth-order valence-electron chi connectivity index (χ4n) is 6.54. The summed E-state index contributed by atoms with van der Waals surface area (Å²) in [5.41, 5.74) is 8.39. The number of methoxy groups -OCH3 is 2. The van der Waals surface area contributed by atoms with Crippen LogP contribution < -0.4 is 25.8 Å².